The summed E-state index contributed by atoms with van der Waals surface area (Å²) in [7, 11) is 1.80. The van der Waals surface area contributed by atoms with Gasteiger partial charge in [-0.05, 0) is 24.1 Å². The Morgan fingerprint density at radius 3 is 2.74 bits per heavy atom. The molecule has 0 radical (unpaired) electrons. The van der Waals surface area contributed by atoms with Crippen molar-refractivity contribution in [2.24, 2.45) is 12.8 Å². The molecule has 0 bridgehead atoms. The second-order valence-electron chi connectivity index (χ2n) is 5.58. The lowest BCUT2D eigenvalue weighted by molar-refractivity contribution is -0.118. The number of anilines is 1. The quantitative estimate of drug-likeness (QED) is 0.855. The third-order valence-corrected chi connectivity index (χ3v) is 3.97. The molecule has 7 nitrogen and oxygen atoms in total. The number of nitrogens with zero attached hydrogens (tertiary/aromatic N) is 3. The van der Waals surface area contributed by atoms with E-state index in [1.54, 1.807) is 41.2 Å². The van der Waals surface area contributed by atoms with E-state index >= 15 is 0 Å². The molecule has 2 heterocycles. The van der Waals surface area contributed by atoms with Gasteiger partial charge in [-0.3, -0.25) is 14.3 Å². The first-order valence-corrected chi connectivity index (χ1v) is 7.48. The van der Waals surface area contributed by atoms with Gasteiger partial charge in [-0.15, -0.1) is 0 Å². The standard InChI is InChI=1S/C16H19N5O2/c1-20-10-13(9-18-20)21-7-6-14(16(21)23)19-15(22)12-4-2-11(8-17)3-5-12/h2-5,9-10,14H,6-8,17H2,1H3,(H,19,22). The number of amides is 2. The maximum absolute atomic E-state index is 12.4. The van der Waals surface area contributed by atoms with Crippen LogP contribution >= 0.6 is 0 Å². The SMILES string of the molecule is Cn1cc(N2CCC(NC(=O)c3ccc(CN)cc3)C2=O)cn1. The van der Waals surface area contributed by atoms with Crippen molar-refractivity contribution in [3.8, 4) is 0 Å². The van der Waals surface area contributed by atoms with Gasteiger partial charge in [-0.25, -0.2) is 0 Å². The van der Waals surface area contributed by atoms with Gasteiger partial charge in [0.15, 0.2) is 0 Å². The number of nitrogens with two attached hydrogens (primary N) is 1. The number of benzene rings is 1. The zero-order chi connectivity index (χ0) is 16.4. The number of hydrogen-bond donors (Lipinski definition) is 2. The average molecular weight is 313 g/mol. The highest BCUT2D eigenvalue weighted by Gasteiger charge is 2.34. The predicted molar refractivity (Wildman–Crippen MR) is 85.8 cm³/mol. The monoisotopic (exact) mass is 313 g/mol. The van der Waals surface area contributed by atoms with Gasteiger partial charge in [-0.1, -0.05) is 12.1 Å². The average Bonchev–Trinajstić information content (AvgIpc) is 3.14. The Labute approximate surface area is 134 Å². The molecule has 0 aliphatic carbocycles. The molecule has 1 aromatic carbocycles. The Morgan fingerprint density at radius 1 is 1.39 bits per heavy atom. The minimum atomic E-state index is -0.503. The summed E-state index contributed by atoms with van der Waals surface area (Å²) < 4.78 is 1.65. The van der Waals surface area contributed by atoms with Crippen LogP contribution < -0.4 is 16.0 Å². The van der Waals surface area contributed by atoms with Crippen molar-refractivity contribution in [3.63, 3.8) is 0 Å². The zero-order valence-corrected chi connectivity index (χ0v) is 12.9. The fourth-order valence-corrected chi connectivity index (χ4v) is 2.65. The fraction of sp³-hybridized carbons (Fsp3) is 0.312. The van der Waals surface area contributed by atoms with Crippen molar-refractivity contribution in [2.45, 2.75) is 19.0 Å². The molecule has 1 unspecified atom stereocenters. The van der Waals surface area contributed by atoms with E-state index in [9.17, 15) is 9.59 Å². The Kier molecular flexibility index (Phi) is 4.12. The van der Waals surface area contributed by atoms with Crippen LogP contribution in [0.15, 0.2) is 36.7 Å². The lowest BCUT2D eigenvalue weighted by atomic mass is 10.1. The van der Waals surface area contributed by atoms with Crippen LogP contribution in [0, 0.1) is 0 Å². The topological polar surface area (TPSA) is 93.2 Å². The summed E-state index contributed by atoms with van der Waals surface area (Å²) in [5.41, 5.74) is 7.77. The summed E-state index contributed by atoms with van der Waals surface area (Å²) in [5, 5.41) is 6.87. The first kappa shape index (κ1) is 15.2. The molecule has 23 heavy (non-hydrogen) atoms. The lowest BCUT2D eigenvalue weighted by Gasteiger charge is -2.15. The molecule has 1 aliphatic heterocycles. The Bertz CT molecular complexity index is 722. The molecule has 0 spiro atoms. The second kappa shape index (κ2) is 6.21. The van der Waals surface area contributed by atoms with E-state index in [4.69, 9.17) is 5.73 Å². The summed E-state index contributed by atoms with van der Waals surface area (Å²) >= 11 is 0. The number of aromatic nitrogens is 2. The summed E-state index contributed by atoms with van der Waals surface area (Å²) in [5.74, 6) is -0.357. The summed E-state index contributed by atoms with van der Waals surface area (Å²) in [6.07, 6.45) is 4.02. The first-order chi connectivity index (χ1) is 11.1. The minimum Gasteiger partial charge on any atom is -0.340 e. The van der Waals surface area contributed by atoms with Gasteiger partial charge >= 0.3 is 0 Å². The van der Waals surface area contributed by atoms with E-state index in [0.717, 1.165) is 11.3 Å². The van der Waals surface area contributed by atoms with Gasteiger partial charge in [0, 0.05) is 31.9 Å². The summed E-state index contributed by atoms with van der Waals surface area (Å²) in [6, 6.07) is 6.56. The van der Waals surface area contributed by atoms with E-state index in [1.165, 1.54) is 0 Å². The van der Waals surface area contributed by atoms with E-state index in [1.807, 2.05) is 12.1 Å². The molecule has 1 aromatic heterocycles. The molecule has 2 aromatic rings. The molecule has 2 amide bonds. The van der Waals surface area contributed by atoms with Crippen molar-refractivity contribution in [3.05, 3.63) is 47.8 Å². The van der Waals surface area contributed by atoms with Crippen LogP contribution in [0.5, 0.6) is 0 Å². The van der Waals surface area contributed by atoms with Crippen LogP contribution in [0.3, 0.4) is 0 Å². The lowest BCUT2D eigenvalue weighted by Crippen LogP contribution is -2.41. The van der Waals surface area contributed by atoms with Gasteiger partial charge in [0.2, 0.25) is 5.91 Å². The number of nitrogens with one attached hydrogen (secondary N) is 1. The molecular weight excluding hydrogens is 294 g/mol. The summed E-state index contributed by atoms with van der Waals surface area (Å²) in [6.45, 7) is 1.00. The highest BCUT2D eigenvalue weighted by molar-refractivity contribution is 6.03. The maximum Gasteiger partial charge on any atom is 0.251 e. The van der Waals surface area contributed by atoms with E-state index in [2.05, 4.69) is 10.4 Å². The molecule has 0 saturated carbocycles. The van der Waals surface area contributed by atoms with Crippen molar-refractivity contribution in [1.82, 2.24) is 15.1 Å². The molecule has 7 heteroatoms. The highest BCUT2D eigenvalue weighted by Crippen LogP contribution is 2.20. The first-order valence-electron chi connectivity index (χ1n) is 7.48. The van der Waals surface area contributed by atoms with Crippen LogP contribution in [-0.4, -0.2) is 34.2 Å². The molecule has 3 N–H and O–H groups in total. The third kappa shape index (κ3) is 3.09. The van der Waals surface area contributed by atoms with Gasteiger partial charge < -0.3 is 16.0 Å². The number of hydrogen-bond acceptors (Lipinski definition) is 4. The maximum atomic E-state index is 12.4. The van der Waals surface area contributed by atoms with Gasteiger partial charge in [0.05, 0.1) is 11.9 Å². The molecule has 120 valence electrons. The van der Waals surface area contributed by atoms with Crippen LogP contribution in [0.25, 0.3) is 0 Å². The predicted octanol–water partition coefficient (Wildman–Crippen LogP) is 0.414. The van der Waals surface area contributed by atoms with Gasteiger partial charge in [0.1, 0.15) is 6.04 Å². The zero-order valence-electron chi connectivity index (χ0n) is 12.9. The van der Waals surface area contributed by atoms with Crippen LogP contribution in [0.2, 0.25) is 0 Å². The number of aryl methyl sites for hydroxylation is 1. The molecular formula is C16H19N5O2. The molecule has 1 saturated heterocycles. The highest BCUT2D eigenvalue weighted by atomic mass is 16.2. The summed E-state index contributed by atoms with van der Waals surface area (Å²) in [4.78, 5) is 26.4. The van der Waals surface area contributed by atoms with Crippen molar-refractivity contribution >= 4 is 17.5 Å². The van der Waals surface area contributed by atoms with Crippen molar-refractivity contribution in [1.29, 1.82) is 0 Å². The number of rotatable bonds is 4. The fourth-order valence-electron chi connectivity index (χ4n) is 2.65. The second-order valence-corrected chi connectivity index (χ2v) is 5.58. The Morgan fingerprint density at radius 2 is 2.13 bits per heavy atom. The molecule has 1 fully saturated rings. The molecule has 1 aliphatic rings. The van der Waals surface area contributed by atoms with E-state index < -0.39 is 6.04 Å². The molecule has 1 atom stereocenters. The third-order valence-electron chi connectivity index (χ3n) is 3.97. The van der Waals surface area contributed by atoms with Crippen LogP contribution in [0.4, 0.5) is 5.69 Å². The number of carbonyl (C=O) groups is 2. The van der Waals surface area contributed by atoms with Crippen molar-refractivity contribution < 1.29 is 9.59 Å². The largest absolute Gasteiger partial charge is 0.340 e. The van der Waals surface area contributed by atoms with Gasteiger partial charge in [-0.2, -0.15) is 5.10 Å². The van der Waals surface area contributed by atoms with Crippen LogP contribution in [-0.2, 0) is 18.4 Å². The van der Waals surface area contributed by atoms with Gasteiger partial charge in [0.25, 0.3) is 5.91 Å². The smallest absolute Gasteiger partial charge is 0.251 e. The molecule has 3 rings (SSSR count). The Hall–Kier alpha value is -2.67. The van der Waals surface area contributed by atoms with E-state index in [-0.39, 0.29) is 11.8 Å². The number of carbonyl (C=O) groups excluding carboxylic acids is 2. The van der Waals surface area contributed by atoms with Crippen molar-refractivity contribution in [2.75, 3.05) is 11.4 Å². The Balaban J connectivity index is 1.66. The van der Waals surface area contributed by atoms with E-state index in [0.29, 0.717) is 25.1 Å². The van der Waals surface area contributed by atoms with Crippen LogP contribution in [0.1, 0.15) is 22.3 Å². The minimum absolute atomic E-state index is 0.107. The normalized spacial score (nSPS) is 17.6.